The lowest BCUT2D eigenvalue weighted by molar-refractivity contribution is 0.314. The summed E-state index contributed by atoms with van der Waals surface area (Å²) in [6.45, 7) is 0. The average Bonchev–Trinajstić information content (AvgIpc) is 2.80. The molecule has 1 N–H and O–H groups in total. The van der Waals surface area contributed by atoms with Gasteiger partial charge in [-0.15, -0.1) is 0 Å². The van der Waals surface area contributed by atoms with Gasteiger partial charge >= 0.3 is 0 Å². The fourth-order valence-electron chi connectivity index (χ4n) is 3.28. The standard InChI is InChI=1S/C15H11NO/c17-16-14-9-10-1-3-11(4-2-10)15(14)12-5-6-13(15)8-7-12/h1-8,17H,9H2/b16-14+. The molecule has 0 atom stereocenters. The maximum Gasteiger partial charge on any atom is 0.0871 e. The summed E-state index contributed by atoms with van der Waals surface area (Å²) >= 11 is 0. The molecule has 0 amide bonds. The van der Waals surface area contributed by atoms with Crippen molar-refractivity contribution >= 4 is 5.71 Å². The highest BCUT2D eigenvalue weighted by Crippen LogP contribution is 2.51. The van der Waals surface area contributed by atoms with Crippen LogP contribution in [0.4, 0.5) is 0 Å². The Balaban J connectivity index is 2.09. The van der Waals surface area contributed by atoms with Crippen LogP contribution >= 0.6 is 0 Å². The van der Waals surface area contributed by atoms with Gasteiger partial charge in [-0.3, -0.25) is 0 Å². The smallest absolute Gasteiger partial charge is 0.0871 e. The van der Waals surface area contributed by atoms with Crippen molar-refractivity contribution in [1.82, 2.24) is 0 Å². The number of benzene rings is 1. The van der Waals surface area contributed by atoms with Gasteiger partial charge < -0.3 is 5.21 Å². The van der Waals surface area contributed by atoms with Crippen LogP contribution in [-0.2, 0) is 11.8 Å². The molecule has 1 aromatic rings. The summed E-state index contributed by atoms with van der Waals surface area (Å²) in [5.74, 6) is 0. The number of allylic oxidation sites excluding steroid dienone is 6. The van der Waals surface area contributed by atoms with E-state index in [0.717, 1.165) is 5.71 Å². The van der Waals surface area contributed by atoms with Crippen LogP contribution in [-0.4, -0.2) is 10.9 Å². The van der Waals surface area contributed by atoms with Crippen LogP contribution < -0.4 is 0 Å². The molecule has 2 nitrogen and oxygen atoms in total. The van der Waals surface area contributed by atoms with Crippen LogP contribution in [0, 0.1) is 0 Å². The molecule has 0 aliphatic heterocycles. The summed E-state index contributed by atoms with van der Waals surface area (Å²) < 4.78 is 0. The quantitative estimate of drug-likeness (QED) is 0.530. The maximum atomic E-state index is 9.39. The van der Waals surface area contributed by atoms with E-state index in [0.29, 0.717) is 6.42 Å². The minimum atomic E-state index is -0.306. The van der Waals surface area contributed by atoms with E-state index in [9.17, 15) is 5.21 Å². The third-order valence-corrected chi connectivity index (χ3v) is 4.06. The third kappa shape index (κ3) is 0.860. The second-order valence-electron chi connectivity index (χ2n) is 4.75. The highest BCUT2D eigenvalue weighted by molar-refractivity contribution is 6.06. The van der Waals surface area contributed by atoms with Crippen LogP contribution in [0.15, 0.2) is 64.9 Å². The highest BCUT2D eigenvalue weighted by Gasteiger charge is 2.49. The zero-order valence-corrected chi connectivity index (χ0v) is 9.22. The Morgan fingerprint density at radius 3 is 2.18 bits per heavy atom. The molecule has 0 fully saturated rings. The lowest BCUT2D eigenvalue weighted by Gasteiger charge is -2.29. The van der Waals surface area contributed by atoms with E-state index >= 15 is 0 Å². The summed E-state index contributed by atoms with van der Waals surface area (Å²) in [5.41, 5.74) is 5.36. The summed E-state index contributed by atoms with van der Waals surface area (Å²) in [6.07, 6.45) is 9.21. The molecule has 0 heterocycles. The van der Waals surface area contributed by atoms with Crippen molar-refractivity contribution in [2.75, 3.05) is 0 Å². The maximum absolute atomic E-state index is 9.39. The number of fused-ring (bicyclic) bond motifs is 3. The Morgan fingerprint density at radius 1 is 1.00 bits per heavy atom. The van der Waals surface area contributed by atoms with Gasteiger partial charge in [0.1, 0.15) is 0 Å². The minimum absolute atomic E-state index is 0.306. The molecule has 5 rings (SSSR count). The van der Waals surface area contributed by atoms with Crippen LogP contribution in [0.25, 0.3) is 0 Å². The Hall–Kier alpha value is -2.09. The van der Waals surface area contributed by atoms with E-state index in [2.05, 4.69) is 53.7 Å². The fraction of sp³-hybridized carbons (Fsp3) is 0.133. The van der Waals surface area contributed by atoms with Crippen LogP contribution in [0.2, 0.25) is 0 Å². The molecule has 4 aliphatic rings. The van der Waals surface area contributed by atoms with E-state index in [4.69, 9.17) is 0 Å². The number of oxime groups is 1. The van der Waals surface area contributed by atoms with Gasteiger partial charge in [-0.05, 0) is 22.3 Å². The van der Waals surface area contributed by atoms with Gasteiger partial charge in [0, 0.05) is 6.42 Å². The van der Waals surface area contributed by atoms with Gasteiger partial charge in [-0.1, -0.05) is 53.7 Å². The van der Waals surface area contributed by atoms with Gasteiger partial charge in [-0.2, -0.15) is 0 Å². The first-order valence-corrected chi connectivity index (χ1v) is 5.77. The zero-order valence-electron chi connectivity index (χ0n) is 9.22. The summed E-state index contributed by atoms with van der Waals surface area (Å²) in [7, 11) is 0. The molecule has 4 aliphatic carbocycles. The molecular weight excluding hydrogens is 210 g/mol. The number of hydrogen-bond donors (Lipinski definition) is 1. The van der Waals surface area contributed by atoms with Gasteiger partial charge in [0.05, 0.1) is 11.1 Å². The molecule has 0 unspecified atom stereocenters. The third-order valence-electron chi connectivity index (χ3n) is 4.06. The highest BCUT2D eigenvalue weighted by atomic mass is 16.4. The first-order chi connectivity index (χ1) is 8.35. The molecule has 2 heteroatoms. The van der Waals surface area contributed by atoms with Crippen LogP contribution in [0.1, 0.15) is 11.1 Å². The Bertz CT molecular complexity index is 607. The topological polar surface area (TPSA) is 32.6 Å². The molecule has 82 valence electrons. The number of rotatable bonds is 0. The molecule has 4 bridgehead atoms. The SMILES string of the molecule is O/N=C1\Cc2ccc(cc2)C12C1=CC=C2C=C1. The fourth-order valence-corrected chi connectivity index (χ4v) is 3.28. The molecule has 0 saturated carbocycles. The van der Waals surface area contributed by atoms with Crippen molar-refractivity contribution in [2.24, 2.45) is 5.16 Å². The summed E-state index contributed by atoms with van der Waals surface area (Å²) in [4.78, 5) is 0. The molecule has 1 spiro atoms. The Kier molecular flexibility index (Phi) is 1.47. The van der Waals surface area contributed by atoms with Gasteiger partial charge in [0.25, 0.3) is 0 Å². The second-order valence-corrected chi connectivity index (χ2v) is 4.75. The molecule has 0 radical (unpaired) electrons. The first-order valence-electron chi connectivity index (χ1n) is 5.77. The summed E-state index contributed by atoms with van der Waals surface area (Å²) in [6, 6.07) is 8.53. The van der Waals surface area contributed by atoms with E-state index in [1.165, 1.54) is 22.3 Å². The lowest BCUT2D eigenvalue weighted by Crippen LogP contribution is -2.35. The number of hydrogen-bond acceptors (Lipinski definition) is 2. The van der Waals surface area contributed by atoms with Crippen molar-refractivity contribution < 1.29 is 5.21 Å². The average molecular weight is 221 g/mol. The lowest BCUT2D eigenvalue weighted by atomic mass is 9.71. The molecule has 0 aromatic heterocycles. The van der Waals surface area contributed by atoms with Crippen molar-refractivity contribution in [3.05, 3.63) is 70.8 Å². The van der Waals surface area contributed by atoms with Crippen LogP contribution in [0.5, 0.6) is 0 Å². The van der Waals surface area contributed by atoms with Gasteiger partial charge in [0.2, 0.25) is 0 Å². The largest absolute Gasteiger partial charge is 0.411 e. The van der Waals surface area contributed by atoms with Crippen LogP contribution in [0.3, 0.4) is 0 Å². The molecule has 17 heavy (non-hydrogen) atoms. The number of nitrogens with zero attached hydrogens (tertiary/aromatic N) is 1. The normalized spacial score (nSPS) is 24.4. The molecular formula is C15H11NO. The summed E-state index contributed by atoms with van der Waals surface area (Å²) in [5, 5.41) is 13.0. The van der Waals surface area contributed by atoms with Gasteiger partial charge in [-0.25, -0.2) is 0 Å². The minimum Gasteiger partial charge on any atom is -0.411 e. The van der Waals surface area contributed by atoms with E-state index in [1.807, 2.05) is 0 Å². The van der Waals surface area contributed by atoms with Crippen molar-refractivity contribution in [3.8, 4) is 0 Å². The van der Waals surface area contributed by atoms with E-state index < -0.39 is 0 Å². The predicted molar refractivity (Wildman–Crippen MR) is 66.4 cm³/mol. The monoisotopic (exact) mass is 221 g/mol. The van der Waals surface area contributed by atoms with E-state index in [1.54, 1.807) is 0 Å². The molecule has 1 aromatic carbocycles. The van der Waals surface area contributed by atoms with Gasteiger partial charge in [0.15, 0.2) is 0 Å². The zero-order chi connectivity index (χ0) is 11.5. The predicted octanol–water partition coefficient (Wildman–Crippen LogP) is 2.75. The Labute approximate surface area is 99.3 Å². The first kappa shape index (κ1) is 8.99. The Morgan fingerprint density at radius 2 is 1.65 bits per heavy atom. The van der Waals surface area contributed by atoms with Crippen molar-refractivity contribution in [2.45, 2.75) is 11.8 Å². The second kappa shape index (κ2) is 2.77. The molecule has 0 saturated heterocycles. The van der Waals surface area contributed by atoms with Crippen molar-refractivity contribution in [3.63, 3.8) is 0 Å². The van der Waals surface area contributed by atoms with Crippen molar-refractivity contribution in [1.29, 1.82) is 0 Å². The van der Waals surface area contributed by atoms with E-state index in [-0.39, 0.29) is 5.41 Å².